The van der Waals surface area contributed by atoms with Gasteiger partial charge in [-0.05, 0) is 37.5 Å². The van der Waals surface area contributed by atoms with Crippen LogP contribution in [0.2, 0.25) is 0 Å². The first-order chi connectivity index (χ1) is 12.1. The first-order valence-electron chi connectivity index (χ1n) is 8.48. The van der Waals surface area contributed by atoms with E-state index in [1.165, 1.54) is 17.0 Å². The maximum absolute atomic E-state index is 13.9. The molecule has 1 saturated heterocycles. The lowest BCUT2D eigenvalue weighted by atomic mass is 10.1. The van der Waals surface area contributed by atoms with Gasteiger partial charge in [-0.2, -0.15) is 0 Å². The fraction of sp³-hybridized carbons (Fsp3) is 0.300. The summed E-state index contributed by atoms with van der Waals surface area (Å²) in [4.78, 5) is 26.8. The van der Waals surface area contributed by atoms with E-state index in [0.29, 0.717) is 13.0 Å². The van der Waals surface area contributed by atoms with Gasteiger partial charge in [-0.3, -0.25) is 9.59 Å². The highest BCUT2D eigenvalue weighted by Crippen LogP contribution is 2.22. The molecule has 2 aromatic rings. The third kappa shape index (κ3) is 3.71. The molecule has 0 aliphatic carbocycles. The van der Waals surface area contributed by atoms with Crippen molar-refractivity contribution < 1.29 is 14.0 Å². The minimum Gasteiger partial charge on any atom is -0.348 e. The topological polar surface area (TPSA) is 49.4 Å². The van der Waals surface area contributed by atoms with Crippen molar-refractivity contribution in [1.82, 2.24) is 10.2 Å². The summed E-state index contributed by atoms with van der Waals surface area (Å²) in [7, 11) is 0. The number of likely N-dealkylation sites (tertiary alicyclic amines) is 1. The number of halogens is 1. The van der Waals surface area contributed by atoms with Crippen LogP contribution in [0.5, 0.6) is 0 Å². The van der Waals surface area contributed by atoms with E-state index in [1.807, 2.05) is 37.3 Å². The van der Waals surface area contributed by atoms with Gasteiger partial charge in [0.15, 0.2) is 0 Å². The number of nitrogens with one attached hydrogen (secondary N) is 1. The Balaban J connectivity index is 1.72. The number of carbonyl (C=O) groups is 2. The Labute approximate surface area is 146 Å². The van der Waals surface area contributed by atoms with Crippen LogP contribution < -0.4 is 5.32 Å². The van der Waals surface area contributed by atoms with Crippen molar-refractivity contribution in [3.63, 3.8) is 0 Å². The van der Waals surface area contributed by atoms with E-state index >= 15 is 0 Å². The zero-order valence-electron chi connectivity index (χ0n) is 14.1. The maximum atomic E-state index is 13.9. The van der Waals surface area contributed by atoms with Gasteiger partial charge in [-0.1, -0.05) is 42.5 Å². The first-order valence-corrected chi connectivity index (χ1v) is 8.48. The lowest BCUT2D eigenvalue weighted by Crippen LogP contribution is -2.46. The average Bonchev–Trinajstić information content (AvgIpc) is 3.12. The van der Waals surface area contributed by atoms with Gasteiger partial charge in [0.05, 0.1) is 11.6 Å². The molecule has 1 aliphatic heterocycles. The van der Waals surface area contributed by atoms with Crippen molar-refractivity contribution in [1.29, 1.82) is 0 Å². The van der Waals surface area contributed by atoms with Crippen LogP contribution >= 0.6 is 0 Å². The lowest BCUT2D eigenvalue weighted by Gasteiger charge is -2.26. The lowest BCUT2D eigenvalue weighted by molar-refractivity contribution is -0.125. The SMILES string of the molecule is C[C@@H](NC(=O)[C@H]1CCCN1C(=O)c1ccccc1F)c1ccccc1. The number of nitrogens with zero attached hydrogens (tertiary/aromatic N) is 1. The van der Waals surface area contributed by atoms with Gasteiger partial charge in [0.2, 0.25) is 5.91 Å². The van der Waals surface area contributed by atoms with Crippen LogP contribution in [0.25, 0.3) is 0 Å². The summed E-state index contributed by atoms with van der Waals surface area (Å²) >= 11 is 0. The summed E-state index contributed by atoms with van der Waals surface area (Å²) in [6, 6.07) is 14.8. The summed E-state index contributed by atoms with van der Waals surface area (Å²) in [5.41, 5.74) is 1.01. The fourth-order valence-corrected chi connectivity index (χ4v) is 3.21. The molecule has 2 amide bonds. The summed E-state index contributed by atoms with van der Waals surface area (Å²) in [6.45, 7) is 2.37. The number of carbonyl (C=O) groups excluding carboxylic acids is 2. The zero-order valence-corrected chi connectivity index (χ0v) is 14.1. The average molecular weight is 340 g/mol. The highest BCUT2D eigenvalue weighted by molar-refractivity contribution is 5.98. The molecule has 1 N–H and O–H groups in total. The van der Waals surface area contributed by atoms with E-state index in [4.69, 9.17) is 0 Å². The third-order valence-electron chi connectivity index (χ3n) is 4.58. The Hall–Kier alpha value is -2.69. The van der Waals surface area contributed by atoms with Crippen LogP contribution in [0.4, 0.5) is 4.39 Å². The molecule has 2 aromatic carbocycles. The fourth-order valence-electron chi connectivity index (χ4n) is 3.21. The molecule has 0 unspecified atom stereocenters. The molecule has 1 fully saturated rings. The summed E-state index contributed by atoms with van der Waals surface area (Å²) in [6.07, 6.45) is 1.32. The highest BCUT2D eigenvalue weighted by Gasteiger charge is 2.35. The monoisotopic (exact) mass is 340 g/mol. The van der Waals surface area contributed by atoms with Crippen LogP contribution in [-0.2, 0) is 4.79 Å². The van der Waals surface area contributed by atoms with Crippen LogP contribution in [0, 0.1) is 5.82 Å². The van der Waals surface area contributed by atoms with Crippen LogP contribution in [0.3, 0.4) is 0 Å². The second-order valence-corrected chi connectivity index (χ2v) is 6.28. The van der Waals surface area contributed by atoms with Gasteiger partial charge in [-0.15, -0.1) is 0 Å². The molecule has 3 rings (SSSR count). The van der Waals surface area contributed by atoms with Crippen molar-refractivity contribution in [2.75, 3.05) is 6.54 Å². The third-order valence-corrected chi connectivity index (χ3v) is 4.58. The van der Waals surface area contributed by atoms with Gasteiger partial charge in [0, 0.05) is 6.54 Å². The Kier molecular flexibility index (Phi) is 5.12. The molecule has 0 radical (unpaired) electrons. The molecule has 130 valence electrons. The Morgan fingerprint density at radius 3 is 2.52 bits per heavy atom. The Bertz CT molecular complexity index is 763. The van der Waals surface area contributed by atoms with Gasteiger partial charge in [0.25, 0.3) is 5.91 Å². The highest BCUT2D eigenvalue weighted by atomic mass is 19.1. The van der Waals surface area contributed by atoms with E-state index in [-0.39, 0.29) is 17.5 Å². The summed E-state index contributed by atoms with van der Waals surface area (Å²) in [5, 5.41) is 2.96. The number of benzene rings is 2. The smallest absolute Gasteiger partial charge is 0.257 e. The molecule has 0 saturated carbocycles. The molecule has 0 bridgehead atoms. The first kappa shape index (κ1) is 17.1. The van der Waals surface area contributed by atoms with Crippen LogP contribution in [0.1, 0.15) is 41.7 Å². The molecular formula is C20H21FN2O2. The van der Waals surface area contributed by atoms with E-state index in [0.717, 1.165) is 12.0 Å². The second-order valence-electron chi connectivity index (χ2n) is 6.28. The molecule has 0 spiro atoms. The minimum atomic E-state index is -0.559. The van der Waals surface area contributed by atoms with E-state index in [1.54, 1.807) is 12.1 Å². The standard InChI is InChI=1S/C20H21FN2O2/c1-14(15-8-3-2-4-9-15)22-19(24)18-12-7-13-23(18)20(25)16-10-5-6-11-17(16)21/h2-6,8-11,14,18H,7,12-13H2,1H3,(H,22,24)/t14-,18-/m1/s1. The van der Waals surface area contributed by atoms with E-state index in [2.05, 4.69) is 5.32 Å². The molecule has 1 aliphatic rings. The summed E-state index contributed by atoms with van der Waals surface area (Å²) < 4.78 is 13.9. The van der Waals surface area contributed by atoms with E-state index < -0.39 is 17.8 Å². The molecular weight excluding hydrogens is 319 g/mol. The second kappa shape index (κ2) is 7.47. The van der Waals surface area contributed by atoms with Gasteiger partial charge >= 0.3 is 0 Å². The zero-order chi connectivity index (χ0) is 17.8. The normalized spacial score (nSPS) is 18.0. The molecule has 1 heterocycles. The van der Waals surface area contributed by atoms with Crippen molar-refractivity contribution in [2.24, 2.45) is 0 Å². The summed E-state index contributed by atoms with van der Waals surface area (Å²) in [5.74, 6) is -1.18. The Morgan fingerprint density at radius 1 is 1.12 bits per heavy atom. The van der Waals surface area contributed by atoms with Crippen molar-refractivity contribution >= 4 is 11.8 Å². The number of hydrogen-bond donors (Lipinski definition) is 1. The maximum Gasteiger partial charge on any atom is 0.257 e. The molecule has 25 heavy (non-hydrogen) atoms. The number of rotatable bonds is 4. The largest absolute Gasteiger partial charge is 0.348 e. The molecule has 4 nitrogen and oxygen atoms in total. The minimum absolute atomic E-state index is 0.0123. The van der Waals surface area contributed by atoms with Gasteiger partial charge < -0.3 is 10.2 Å². The Morgan fingerprint density at radius 2 is 1.80 bits per heavy atom. The predicted octanol–water partition coefficient (Wildman–Crippen LogP) is 3.31. The van der Waals surface area contributed by atoms with Gasteiger partial charge in [0.1, 0.15) is 11.9 Å². The van der Waals surface area contributed by atoms with Gasteiger partial charge in [-0.25, -0.2) is 4.39 Å². The quantitative estimate of drug-likeness (QED) is 0.928. The number of amides is 2. The van der Waals surface area contributed by atoms with E-state index in [9.17, 15) is 14.0 Å². The van der Waals surface area contributed by atoms with Crippen molar-refractivity contribution in [2.45, 2.75) is 31.8 Å². The molecule has 5 heteroatoms. The number of hydrogen-bond acceptors (Lipinski definition) is 2. The predicted molar refractivity (Wildman–Crippen MR) is 93.5 cm³/mol. The molecule has 2 atom stereocenters. The van der Waals surface area contributed by atoms with Crippen LogP contribution in [-0.4, -0.2) is 29.3 Å². The molecule has 0 aromatic heterocycles. The van der Waals surface area contributed by atoms with Crippen LogP contribution in [0.15, 0.2) is 54.6 Å². The van der Waals surface area contributed by atoms with Crippen molar-refractivity contribution in [3.8, 4) is 0 Å². The van der Waals surface area contributed by atoms with Crippen molar-refractivity contribution in [3.05, 3.63) is 71.5 Å².